The van der Waals surface area contributed by atoms with Crippen LogP contribution in [0.4, 0.5) is 10.3 Å². The van der Waals surface area contributed by atoms with Gasteiger partial charge in [0.1, 0.15) is 0 Å². The Kier molecular flexibility index (Phi) is 8.03. The molecule has 34 heavy (non-hydrogen) atoms. The number of ether oxygens (including phenoxy) is 2. The summed E-state index contributed by atoms with van der Waals surface area (Å²) in [5.41, 5.74) is 0.104. The molecule has 0 spiro atoms. The number of alkyl halides is 1. The van der Waals surface area contributed by atoms with Gasteiger partial charge >= 0.3 is 0 Å². The summed E-state index contributed by atoms with van der Waals surface area (Å²) < 4.78 is 30.5. The maximum atomic E-state index is 14.0. The van der Waals surface area contributed by atoms with Gasteiger partial charge in [0.2, 0.25) is 0 Å². The molecule has 1 N–H and O–H groups in total. The highest BCUT2D eigenvalue weighted by molar-refractivity contribution is 5.98. The number of carbonyl (C=O) groups is 1. The molecule has 2 fully saturated rings. The van der Waals surface area contributed by atoms with E-state index < -0.39 is 5.67 Å². The topological polar surface area (TPSA) is 89.7 Å². The zero-order valence-corrected chi connectivity index (χ0v) is 20.5. The summed E-state index contributed by atoms with van der Waals surface area (Å²) in [5, 5.41) is 7.00. The van der Waals surface area contributed by atoms with Gasteiger partial charge < -0.3 is 24.2 Å². The number of carbonyl (C=O) groups excluding carboxylic acids is 1. The Morgan fingerprint density at radius 3 is 2.76 bits per heavy atom. The van der Waals surface area contributed by atoms with Crippen LogP contribution in [0.15, 0.2) is 27.8 Å². The number of nitrogens with one attached hydrogen (secondary N) is 1. The summed E-state index contributed by atoms with van der Waals surface area (Å²) in [4.78, 5) is 18.8. The third-order valence-electron chi connectivity index (χ3n) is 6.83. The Labute approximate surface area is 200 Å². The van der Waals surface area contributed by atoms with Crippen LogP contribution < -0.4 is 10.2 Å². The number of rotatable bonds is 9. The van der Waals surface area contributed by atoms with E-state index in [-0.39, 0.29) is 23.9 Å². The van der Waals surface area contributed by atoms with Gasteiger partial charge in [-0.3, -0.25) is 4.79 Å². The van der Waals surface area contributed by atoms with Crippen molar-refractivity contribution in [2.75, 3.05) is 37.8 Å². The zero-order chi connectivity index (χ0) is 24.1. The molecule has 0 radical (unpaired) electrons. The molecule has 3 heterocycles. The maximum Gasteiger partial charge on any atom is 0.266 e. The lowest BCUT2D eigenvalue weighted by atomic mass is 9.92. The van der Waals surface area contributed by atoms with Crippen LogP contribution in [-0.4, -0.2) is 61.1 Å². The fraction of sp³-hybridized carbons (Fsp3) is 0.720. The molecule has 0 bridgehead atoms. The highest BCUT2D eigenvalue weighted by Gasteiger charge is 2.29. The lowest BCUT2D eigenvalue weighted by molar-refractivity contribution is -0.118. The van der Waals surface area contributed by atoms with Crippen LogP contribution in [0.2, 0.25) is 0 Å². The van der Waals surface area contributed by atoms with Gasteiger partial charge in [0.05, 0.1) is 18.8 Å². The van der Waals surface area contributed by atoms with Crippen LogP contribution >= 0.6 is 0 Å². The number of aromatic nitrogens is 2. The van der Waals surface area contributed by atoms with Crippen molar-refractivity contribution in [2.24, 2.45) is 5.92 Å². The second-order valence-electron chi connectivity index (χ2n) is 10.1. The lowest BCUT2D eigenvalue weighted by Gasteiger charge is -2.31. The van der Waals surface area contributed by atoms with E-state index in [1.165, 1.54) is 13.8 Å². The Morgan fingerprint density at radius 2 is 2.12 bits per heavy atom. The van der Waals surface area contributed by atoms with Gasteiger partial charge in [-0.2, -0.15) is 4.98 Å². The van der Waals surface area contributed by atoms with Gasteiger partial charge in [-0.25, -0.2) is 4.39 Å². The monoisotopic (exact) mass is 476 g/mol. The molecule has 0 saturated carbocycles. The molecule has 188 valence electrons. The van der Waals surface area contributed by atoms with E-state index in [1.807, 2.05) is 13.0 Å². The van der Waals surface area contributed by atoms with Gasteiger partial charge in [0.25, 0.3) is 17.7 Å². The van der Waals surface area contributed by atoms with Gasteiger partial charge in [-0.05, 0) is 75.9 Å². The fourth-order valence-electron chi connectivity index (χ4n) is 4.75. The van der Waals surface area contributed by atoms with Crippen LogP contribution in [0.1, 0.15) is 65.2 Å². The molecule has 0 aromatic carbocycles. The third-order valence-corrected chi connectivity index (χ3v) is 6.83. The van der Waals surface area contributed by atoms with Crippen molar-refractivity contribution in [3.63, 3.8) is 0 Å². The largest absolute Gasteiger partial charge is 0.379 e. The van der Waals surface area contributed by atoms with Crippen LogP contribution in [0, 0.1) is 5.92 Å². The first-order valence-corrected chi connectivity index (χ1v) is 12.5. The van der Waals surface area contributed by atoms with Crippen LogP contribution in [0.25, 0.3) is 0 Å². The first kappa shape index (κ1) is 24.9. The highest BCUT2D eigenvalue weighted by Crippen LogP contribution is 2.28. The number of hydrogen-bond donors (Lipinski definition) is 1. The molecule has 1 aromatic rings. The second kappa shape index (κ2) is 11.0. The minimum absolute atomic E-state index is 0.0144. The molecule has 2 aliphatic heterocycles. The van der Waals surface area contributed by atoms with Crippen molar-refractivity contribution >= 4 is 11.9 Å². The third kappa shape index (κ3) is 6.44. The number of halogens is 1. The van der Waals surface area contributed by atoms with E-state index in [1.54, 1.807) is 0 Å². The molecule has 2 saturated heterocycles. The minimum atomic E-state index is -1.62. The Morgan fingerprint density at radius 1 is 1.32 bits per heavy atom. The van der Waals surface area contributed by atoms with E-state index in [9.17, 15) is 9.18 Å². The van der Waals surface area contributed by atoms with Gasteiger partial charge in [-0.1, -0.05) is 12.2 Å². The van der Waals surface area contributed by atoms with Crippen molar-refractivity contribution in [2.45, 2.75) is 77.1 Å². The van der Waals surface area contributed by atoms with Crippen molar-refractivity contribution in [3.8, 4) is 0 Å². The quantitative estimate of drug-likeness (QED) is 0.542. The van der Waals surface area contributed by atoms with Crippen molar-refractivity contribution in [1.29, 1.82) is 0 Å². The standard InChI is InChI=1S/C25H37FN4O4/c1-17-15-20(6-7-21(17)22(31)27-19-10-14-32-16-19)33-13-4-5-18-8-11-30(12-9-18)24-28-23(34-29-24)25(2,3)26/h7,15,18-20H,4-6,8-14,16H2,1-3H3,(H,27,31)/t19-,20?/m0/s1. The van der Waals surface area contributed by atoms with Crippen LogP contribution in [-0.2, 0) is 19.9 Å². The molecule has 1 unspecified atom stereocenters. The molecule has 1 aliphatic carbocycles. The van der Waals surface area contributed by atoms with E-state index >= 15 is 0 Å². The summed E-state index contributed by atoms with van der Waals surface area (Å²) in [6, 6.07) is 0.119. The molecule has 1 amide bonds. The molecule has 4 rings (SSSR count). The molecule has 1 aromatic heterocycles. The van der Waals surface area contributed by atoms with E-state index in [2.05, 4.69) is 26.4 Å². The van der Waals surface area contributed by atoms with Crippen LogP contribution in [0.5, 0.6) is 0 Å². The summed E-state index contributed by atoms with van der Waals surface area (Å²) >= 11 is 0. The predicted octanol–water partition coefficient (Wildman–Crippen LogP) is 3.84. The zero-order valence-electron chi connectivity index (χ0n) is 20.5. The Balaban J connectivity index is 1.12. The number of amides is 1. The van der Waals surface area contributed by atoms with Gasteiger partial charge in [0.15, 0.2) is 5.67 Å². The second-order valence-corrected chi connectivity index (χ2v) is 10.1. The van der Waals surface area contributed by atoms with E-state index in [0.717, 1.165) is 62.8 Å². The molecular formula is C25H37FN4O4. The Hall–Kier alpha value is -2.26. The lowest BCUT2D eigenvalue weighted by Crippen LogP contribution is -2.36. The van der Waals surface area contributed by atoms with Gasteiger partial charge in [0, 0.05) is 31.9 Å². The van der Waals surface area contributed by atoms with E-state index in [4.69, 9.17) is 14.0 Å². The van der Waals surface area contributed by atoms with Crippen molar-refractivity contribution in [1.82, 2.24) is 15.5 Å². The summed E-state index contributed by atoms with van der Waals surface area (Å²) in [5.74, 6) is 1.14. The fourth-order valence-corrected chi connectivity index (χ4v) is 4.75. The Bertz CT molecular complexity index is 893. The van der Waals surface area contributed by atoms with Gasteiger partial charge in [-0.15, -0.1) is 0 Å². The minimum Gasteiger partial charge on any atom is -0.379 e. The van der Waals surface area contributed by atoms with Crippen molar-refractivity contribution in [3.05, 3.63) is 29.2 Å². The summed E-state index contributed by atoms with van der Waals surface area (Å²) in [6.07, 6.45) is 9.92. The average molecular weight is 477 g/mol. The molecular weight excluding hydrogens is 439 g/mol. The normalized spacial score (nSPS) is 24.2. The van der Waals surface area contributed by atoms with E-state index in [0.29, 0.717) is 31.7 Å². The number of nitrogens with zero attached hydrogens (tertiary/aromatic N) is 3. The predicted molar refractivity (Wildman–Crippen MR) is 126 cm³/mol. The average Bonchev–Trinajstić information content (AvgIpc) is 3.49. The highest BCUT2D eigenvalue weighted by atomic mass is 19.1. The summed E-state index contributed by atoms with van der Waals surface area (Å²) in [7, 11) is 0. The molecule has 2 atom stereocenters. The first-order valence-electron chi connectivity index (χ1n) is 12.5. The SMILES string of the molecule is CC1=CC(OCCCC2CCN(c3noc(C(C)(C)F)n3)CC2)CC=C1C(=O)N[C@H]1CCOC1. The smallest absolute Gasteiger partial charge is 0.266 e. The number of hydrogen-bond acceptors (Lipinski definition) is 7. The number of piperidine rings is 1. The molecule has 8 nitrogen and oxygen atoms in total. The maximum absolute atomic E-state index is 14.0. The summed E-state index contributed by atoms with van der Waals surface area (Å²) in [6.45, 7) is 8.54. The molecule has 3 aliphatic rings. The first-order chi connectivity index (χ1) is 16.3. The van der Waals surface area contributed by atoms with Crippen molar-refractivity contribution < 1.29 is 23.2 Å². The number of anilines is 1. The molecule has 9 heteroatoms. The van der Waals surface area contributed by atoms with Crippen LogP contribution in [0.3, 0.4) is 0 Å².